The van der Waals surface area contributed by atoms with Crippen LogP contribution in [0.25, 0.3) is 0 Å². The van der Waals surface area contributed by atoms with Crippen molar-refractivity contribution in [1.29, 1.82) is 0 Å². The van der Waals surface area contributed by atoms with Gasteiger partial charge in [0, 0.05) is 24.0 Å². The fourth-order valence-electron chi connectivity index (χ4n) is 3.47. The van der Waals surface area contributed by atoms with Crippen LogP contribution < -0.4 is 0 Å². The lowest BCUT2D eigenvalue weighted by Crippen LogP contribution is -2.58. The summed E-state index contributed by atoms with van der Waals surface area (Å²) < 4.78 is 0. The van der Waals surface area contributed by atoms with Gasteiger partial charge in [-0.25, -0.2) is 0 Å². The van der Waals surface area contributed by atoms with Gasteiger partial charge in [-0.15, -0.1) is 0 Å². The topological polar surface area (TPSA) is 6.48 Å². The van der Waals surface area contributed by atoms with E-state index < -0.39 is 0 Å². The highest BCUT2D eigenvalue weighted by Crippen LogP contribution is 2.44. The summed E-state index contributed by atoms with van der Waals surface area (Å²) in [6.45, 7) is 2.52. The molecule has 0 bridgehead atoms. The Morgan fingerprint density at radius 3 is 1.82 bits per heavy atom. The van der Waals surface area contributed by atoms with Crippen LogP contribution in [-0.4, -0.2) is 54.9 Å². The predicted octanol–water partition coefficient (Wildman–Crippen LogP) is 2.97. The minimum atomic E-state index is 0.478. The summed E-state index contributed by atoms with van der Waals surface area (Å²) in [5, 5.41) is 1.18. The number of hydrogen-bond acceptors (Lipinski definition) is 2. The van der Waals surface area contributed by atoms with Crippen molar-refractivity contribution in [2.75, 3.05) is 39.6 Å². The summed E-state index contributed by atoms with van der Waals surface area (Å²) in [6, 6.07) is 0. The van der Waals surface area contributed by atoms with E-state index in [-0.39, 0.29) is 0 Å². The maximum atomic E-state index is 3.71. The Labute approximate surface area is 115 Å². The Kier molecular flexibility index (Phi) is 4.21. The molecule has 0 aromatic rings. The van der Waals surface area contributed by atoms with Gasteiger partial charge in [-0.1, -0.05) is 22.4 Å². The number of halogens is 1. The first-order chi connectivity index (χ1) is 8.02. The third-order valence-electron chi connectivity index (χ3n) is 5.10. The number of likely N-dealkylation sites (N-methyl/N-ethyl adjacent to an activating group) is 2. The van der Waals surface area contributed by atoms with Gasteiger partial charge < -0.3 is 9.80 Å². The molecule has 2 saturated carbocycles. The highest BCUT2D eigenvalue weighted by Gasteiger charge is 2.42. The van der Waals surface area contributed by atoms with E-state index in [1.807, 2.05) is 0 Å². The summed E-state index contributed by atoms with van der Waals surface area (Å²) in [7, 11) is 6.81. The number of alkyl halides is 1. The Bertz CT molecular complexity index is 251. The molecule has 0 saturated heterocycles. The van der Waals surface area contributed by atoms with Crippen molar-refractivity contribution in [2.24, 2.45) is 5.41 Å². The van der Waals surface area contributed by atoms with Crippen LogP contribution in [0.2, 0.25) is 0 Å². The molecule has 0 aromatic heterocycles. The third kappa shape index (κ3) is 2.71. The van der Waals surface area contributed by atoms with E-state index in [4.69, 9.17) is 0 Å². The third-order valence-corrected chi connectivity index (χ3v) is 6.29. The Hall–Kier alpha value is 0.400. The Morgan fingerprint density at radius 1 is 0.941 bits per heavy atom. The van der Waals surface area contributed by atoms with Crippen LogP contribution in [0.15, 0.2) is 0 Å². The van der Waals surface area contributed by atoms with E-state index in [1.165, 1.54) is 56.9 Å². The fourth-order valence-corrected chi connectivity index (χ4v) is 4.21. The minimum absolute atomic E-state index is 0.478. The van der Waals surface area contributed by atoms with Gasteiger partial charge in [-0.05, 0) is 58.7 Å². The largest absolute Gasteiger partial charge is 0.304 e. The summed E-state index contributed by atoms with van der Waals surface area (Å²) >= 11 is 3.71. The number of nitrogens with zero attached hydrogens (tertiary/aromatic N) is 2. The van der Waals surface area contributed by atoms with Crippen LogP contribution in [0, 0.1) is 5.41 Å². The zero-order valence-electron chi connectivity index (χ0n) is 11.6. The van der Waals surface area contributed by atoms with Crippen molar-refractivity contribution in [2.45, 2.75) is 44.1 Å². The zero-order valence-corrected chi connectivity index (χ0v) is 13.2. The van der Waals surface area contributed by atoms with Gasteiger partial charge in [-0.2, -0.15) is 0 Å². The first kappa shape index (κ1) is 13.8. The monoisotopic (exact) mass is 302 g/mol. The van der Waals surface area contributed by atoms with Crippen LogP contribution in [0.3, 0.4) is 0 Å². The molecule has 2 aliphatic rings. The summed E-state index contributed by atoms with van der Waals surface area (Å²) in [4.78, 5) is 5.04. The van der Waals surface area contributed by atoms with Crippen molar-refractivity contribution in [1.82, 2.24) is 9.80 Å². The van der Waals surface area contributed by atoms with Crippen LogP contribution in [0.1, 0.15) is 38.5 Å². The summed E-state index contributed by atoms with van der Waals surface area (Å²) in [5.41, 5.74) is 1.07. The minimum Gasteiger partial charge on any atom is -0.304 e. The zero-order chi connectivity index (χ0) is 12.5. The summed E-state index contributed by atoms with van der Waals surface area (Å²) in [6.07, 6.45) is 8.43. The lowest BCUT2D eigenvalue weighted by atomic mass is 9.69. The molecule has 2 nitrogen and oxygen atoms in total. The van der Waals surface area contributed by atoms with Gasteiger partial charge in [0.2, 0.25) is 0 Å². The molecule has 0 atom stereocenters. The predicted molar refractivity (Wildman–Crippen MR) is 77.8 cm³/mol. The molecular formula is C14H27BrN2. The van der Waals surface area contributed by atoms with Gasteiger partial charge in [0.1, 0.15) is 0 Å². The first-order valence-electron chi connectivity index (χ1n) is 6.94. The van der Waals surface area contributed by atoms with E-state index in [1.54, 1.807) is 0 Å². The van der Waals surface area contributed by atoms with Crippen LogP contribution in [0.5, 0.6) is 0 Å². The molecule has 0 spiro atoms. The molecule has 0 radical (unpaired) electrons. The maximum Gasteiger partial charge on any atom is 0.0330 e. The lowest BCUT2D eigenvalue weighted by Gasteiger charge is -2.51. The van der Waals surface area contributed by atoms with E-state index in [0.29, 0.717) is 11.0 Å². The van der Waals surface area contributed by atoms with Crippen LogP contribution >= 0.6 is 15.9 Å². The molecule has 2 fully saturated rings. The van der Waals surface area contributed by atoms with E-state index in [2.05, 4.69) is 46.9 Å². The molecular weight excluding hydrogens is 276 g/mol. The average Bonchev–Trinajstić information content (AvgIpc) is 2.17. The van der Waals surface area contributed by atoms with Crippen molar-refractivity contribution < 1.29 is 0 Å². The van der Waals surface area contributed by atoms with Crippen molar-refractivity contribution >= 4 is 15.9 Å². The number of rotatable bonds is 6. The quantitative estimate of drug-likeness (QED) is 0.696. The van der Waals surface area contributed by atoms with E-state index in [9.17, 15) is 0 Å². The molecule has 0 amide bonds. The second kappa shape index (κ2) is 5.18. The van der Waals surface area contributed by atoms with Crippen molar-refractivity contribution in [3.05, 3.63) is 0 Å². The van der Waals surface area contributed by atoms with E-state index >= 15 is 0 Å². The molecule has 0 aromatic carbocycles. The molecule has 17 heavy (non-hydrogen) atoms. The molecule has 100 valence electrons. The van der Waals surface area contributed by atoms with Gasteiger partial charge in [0.15, 0.2) is 0 Å². The molecule has 0 unspecified atom stereocenters. The second-order valence-corrected chi connectivity index (χ2v) is 7.19. The molecule has 0 N–H and O–H groups in total. The Morgan fingerprint density at radius 2 is 1.53 bits per heavy atom. The highest BCUT2D eigenvalue weighted by molar-refractivity contribution is 9.09. The first-order valence-corrected chi connectivity index (χ1v) is 8.06. The molecule has 0 heterocycles. The number of hydrogen-bond donors (Lipinski definition) is 0. The van der Waals surface area contributed by atoms with E-state index in [0.717, 1.165) is 0 Å². The molecule has 0 aliphatic heterocycles. The standard InChI is InChI=1S/C14H27BrN2/c1-16(2)14(8-5-9-14)12-17(3)11-13(10-15)6-4-7-13/h4-12H2,1-3H3. The van der Waals surface area contributed by atoms with Crippen LogP contribution in [-0.2, 0) is 0 Å². The van der Waals surface area contributed by atoms with Crippen LogP contribution in [0.4, 0.5) is 0 Å². The SMILES string of the molecule is CN(CC1(CBr)CCC1)CC1(N(C)C)CCC1. The van der Waals surface area contributed by atoms with Crippen molar-refractivity contribution in [3.63, 3.8) is 0 Å². The van der Waals surface area contributed by atoms with Gasteiger partial charge in [0.05, 0.1) is 0 Å². The second-order valence-electron chi connectivity index (χ2n) is 6.63. The Balaban J connectivity index is 1.86. The lowest BCUT2D eigenvalue weighted by molar-refractivity contribution is 0.00738. The fraction of sp³-hybridized carbons (Fsp3) is 1.00. The molecule has 2 rings (SSSR count). The average molecular weight is 303 g/mol. The van der Waals surface area contributed by atoms with Gasteiger partial charge in [0.25, 0.3) is 0 Å². The smallest absolute Gasteiger partial charge is 0.0330 e. The molecule has 2 aliphatic carbocycles. The van der Waals surface area contributed by atoms with Gasteiger partial charge >= 0.3 is 0 Å². The normalized spacial score (nSPS) is 25.8. The highest BCUT2D eigenvalue weighted by atomic mass is 79.9. The molecule has 3 heteroatoms. The summed E-state index contributed by atoms with van der Waals surface area (Å²) in [5.74, 6) is 0. The van der Waals surface area contributed by atoms with Gasteiger partial charge in [-0.3, -0.25) is 0 Å². The van der Waals surface area contributed by atoms with Crippen molar-refractivity contribution in [3.8, 4) is 0 Å². The maximum absolute atomic E-state index is 3.71.